The summed E-state index contributed by atoms with van der Waals surface area (Å²) in [4.78, 5) is 0. The molecule has 1 nitrogen and oxygen atoms in total. The fourth-order valence-corrected chi connectivity index (χ4v) is 6.26. The Morgan fingerprint density at radius 2 is 0.971 bits per heavy atom. The van der Waals surface area contributed by atoms with E-state index in [-0.39, 0.29) is 11.8 Å². The van der Waals surface area contributed by atoms with Crippen LogP contribution in [0.2, 0.25) is 0 Å². The molecule has 192 valence electrons. The van der Waals surface area contributed by atoms with Crippen molar-refractivity contribution in [2.75, 3.05) is 0 Å². The van der Waals surface area contributed by atoms with Gasteiger partial charge in [0.05, 0.1) is 12.2 Å². The van der Waals surface area contributed by atoms with Crippen LogP contribution in [0.1, 0.15) is 101 Å². The molecule has 0 saturated heterocycles. The third-order valence-electron chi connectivity index (χ3n) is 8.63. The van der Waals surface area contributed by atoms with E-state index in [2.05, 4.69) is 13.8 Å². The quantitative estimate of drug-likeness (QED) is 0.335. The van der Waals surface area contributed by atoms with Gasteiger partial charge in [-0.25, -0.2) is 17.6 Å². The van der Waals surface area contributed by atoms with Crippen molar-refractivity contribution < 1.29 is 22.3 Å². The zero-order valence-corrected chi connectivity index (χ0v) is 20.9. The average molecular weight is 491 g/mol. The maximum absolute atomic E-state index is 14.3. The first-order valence-electron chi connectivity index (χ1n) is 13.4. The topological polar surface area (TPSA) is 9.23 Å². The molecule has 2 fully saturated rings. The number of rotatable bonds is 8. The highest BCUT2D eigenvalue weighted by Crippen LogP contribution is 2.47. The van der Waals surface area contributed by atoms with Crippen molar-refractivity contribution in [2.45, 2.75) is 90.3 Å². The Morgan fingerprint density at radius 3 is 1.29 bits per heavy atom. The van der Waals surface area contributed by atoms with Crippen molar-refractivity contribution >= 4 is 0 Å². The van der Waals surface area contributed by atoms with E-state index in [4.69, 9.17) is 4.74 Å². The van der Waals surface area contributed by atoms with Crippen LogP contribution < -0.4 is 0 Å². The molecule has 0 aliphatic heterocycles. The highest BCUT2D eigenvalue weighted by molar-refractivity contribution is 5.24. The van der Waals surface area contributed by atoms with Crippen LogP contribution in [-0.2, 0) is 4.74 Å². The van der Waals surface area contributed by atoms with E-state index >= 15 is 0 Å². The lowest BCUT2D eigenvalue weighted by Crippen LogP contribution is -2.28. The van der Waals surface area contributed by atoms with E-state index in [0.29, 0.717) is 23.0 Å². The molecule has 2 atom stereocenters. The number of hydrogen-bond donors (Lipinski definition) is 0. The maximum Gasteiger partial charge on any atom is 0.159 e. The van der Waals surface area contributed by atoms with Crippen molar-refractivity contribution in [3.05, 3.63) is 70.8 Å². The Labute approximate surface area is 207 Å². The van der Waals surface area contributed by atoms with Crippen LogP contribution in [0.4, 0.5) is 17.6 Å². The Morgan fingerprint density at radius 1 is 0.600 bits per heavy atom. The van der Waals surface area contributed by atoms with E-state index in [1.54, 1.807) is 12.1 Å². The molecule has 0 spiro atoms. The zero-order valence-electron chi connectivity index (χ0n) is 20.9. The van der Waals surface area contributed by atoms with Gasteiger partial charge in [-0.15, -0.1) is 0 Å². The molecule has 0 amide bonds. The van der Waals surface area contributed by atoms with Crippen LogP contribution in [0.15, 0.2) is 36.4 Å². The summed E-state index contributed by atoms with van der Waals surface area (Å²) in [6.45, 7) is 4.42. The molecule has 5 heteroatoms. The number of hydrogen-bond acceptors (Lipinski definition) is 1. The molecule has 35 heavy (non-hydrogen) atoms. The third-order valence-corrected chi connectivity index (χ3v) is 8.63. The van der Waals surface area contributed by atoms with Crippen LogP contribution in [0.5, 0.6) is 0 Å². The first-order valence-corrected chi connectivity index (χ1v) is 13.4. The predicted molar refractivity (Wildman–Crippen MR) is 131 cm³/mol. The van der Waals surface area contributed by atoms with Crippen molar-refractivity contribution in [2.24, 2.45) is 23.7 Å². The lowest BCUT2D eigenvalue weighted by Gasteiger charge is -2.40. The standard InChI is InChI=1S/C30H38F4O/c1-3-19-5-9-21(10-6-19)29(23-13-15-25(31)27(33)17-23)35-30(22-11-7-20(4-2)8-12-22)24-14-16-26(32)28(34)18-24/h13-22,29-30H,3-12H2,1-2H3/t19-,20-,21-,22-,29?,30?. The highest BCUT2D eigenvalue weighted by atomic mass is 19.2. The average Bonchev–Trinajstić information content (AvgIpc) is 2.88. The monoisotopic (exact) mass is 490 g/mol. The third kappa shape index (κ3) is 6.28. The minimum absolute atomic E-state index is 0.169. The Balaban J connectivity index is 1.67. The van der Waals surface area contributed by atoms with E-state index in [1.165, 1.54) is 12.1 Å². The van der Waals surface area contributed by atoms with Gasteiger partial charge < -0.3 is 4.74 Å². The largest absolute Gasteiger partial charge is 0.365 e. The van der Waals surface area contributed by atoms with Gasteiger partial charge in [-0.2, -0.15) is 0 Å². The van der Waals surface area contributed by atoms with Crippen LogP contribution >= 0.6 is 0 Å². The van der Waals surface area contributed by atoms with Gasteiger partial charge in [0.1, 0.15) is 0 Å². The van der Waals surface area contributed by atoms with Gasteiger partial charge in [-0.05, 0) is 84.7 Å². The summed E-state index contributed by atoms with van der Waals surface area (Å²) in [7, 11) is 0. The molecular formula is C30H38F4O. The second-order valence-corrected chi connectivity index (χ2v) is 10.7. The lowest BCUT2D eigenvalue weighted by atomic mass is 9.75. The SMILES string of the molecule is CC[C@H]1CC[C@H](C(OC(c2ccc(F)c(F)c2)[C@H]2CC[C@H](CC)CC2)c2ccc(F)c(F)c2)CC1. The fourth-order valence-electron chi connectivity index (χ4n) is 6.26. The number of halogens is 4. The molecule has 0 heterocycles. The molecule has 0 bridgehead atoms. The predicted octanol–water partition coefficient (Wildman–Crippen LogP) is 9.47. The molecule has 0 N–H and O–H groups in total. The summed E-state index contributed by atoms with van der Waals surface area (Å²) in [5.74, 6) is -1.82. The van der Waals surface area contributed by atoms with Crippen LogP contribution in [-0.4, -0.2) is 0 Å². The maximum atomic E-state index is 14.3. The summed E-state index contributed by atoms with van der Waals surface area (Å²) in [5, 5.41) is 0. The number of benzene rings is 2. The highest BCUT2D eigenvalue weighted by Gasteiger charge is 2.36. The molecule has 2 unspecified atom stereocenters. The van der Waals surface area contributed by atoms with Crippen molar-refractivity contribution in [1.29, 1.82) is 0 Å². The molecule has 2 aliphatic rings. The zero-order chi connectivity index (χ0) is 24.9. The summed E-state index contributed by atoms with van der Waals surface area (Å²) >= 11 is 0. The summed E-state index contributed by atoms with van der Waals surface area (Å²) in [5.41, 5.74) is 1.25. The summed E-state index contributed by atoms with van der Waals surface area (Å²) < 4.78 is 63.0. The van der Waals surface area contributed by atoms with Gasteiger partial charge in [-0.1, -0.05) is 64.5 Å². The molecule has 2 aliphatic carbocycles. The Kier molecular flexibility index (Phi) is 8.91. The van der Waals surface area contributed by atoms with Gasteiger partial charge in [0.15, 0.2) is 23.3 Å². The molecule has 2 aromatic carbocycles. The fraction of sp³-hybridized carbons (Fsp3) is 0.600. The first-order chi connectivity index (χ1) is 16.9. The second kappa shape index (κ2) is 11.9. The lowest BCUT2D eigenvalue weighted by molar-refractivity contribution is -0.0908. The second-order valence-electron chi connectivity index (χ2n) is 10.7. The van der Waals surface area contributed by atoms with Crippen LogP contribution in [0, 0.1) is 46.9 Å². The van der Waals surface area contributed by atoms with Crippen molar-refractivity contribution in [3.63, 3.8) is 0 Å². The molecule has 0 aromatic heterocycles. The van der Waals surface area contributed by atoms with E-state index < -0.39 is 35.5 Å². The first kappa shape index (κ1) is 26.2. The van der Waals surface area contributed by atoms with Gasteiger partial charge in [0, 0.05) is 0 Å². The molecule has 0 radical (unpaired) electrons. The minimum atomic E-state index is -0.883. The van der Waals surface area contributed by atoms with Crippen LogP contribution in [0.25, 0.3) is 0 Å². The van der Waals surface area contributed by atoms with Gasteiger partial charge in [-0.3, -0.25) is 0 Å². The van der Waals surface area contributed by atoms with Gasteiger partial charge in [0.2, 0.25) is 0 Å². The van der Waals surface area contributed by atoms with E-state index in [9.17, 15) is 17.6 Å². The van der Waals surface area contributed by atoms with Gasteiger partial charge in [0.25, 0.3) is 0 Å². The summed E-state index contributed by atoms with van der Waals surface area (Å²) in [6, 6.07) is 8.07. The van der Waals surface area contributed by atoms with Gasteiger partial charge >= 0.3 is 0 Å². The Hall–Kier alpha value is -1.88. The normalized spacial score (nSPS) is 26.9. The van der Waals surface area contributed by atoms with Crippen molar-refractivity contribution in [3.8, 4) is 0 Å². The molecular weight excluding hydrogens is 452 g/mol. The molecule has 4 rings (SSSR count). The minimum Gasteiger partial charge on any atom is -0.365 e. The van der Waals surface area contributed by atoms with Crippen LogP contribution in [0.3, 0.4) is 0 Å². The number of ether oxygens (including phenoxy) is 1. The molecule has 2 saturated carbocycles. The van der Waals surface area contributed by atoms with E-state index in [0.717, 1.165) is 76.3 Å². The smallest absolute Gasteiger partial charge is 0.159 e. The Bertz CT molecular complexity index is 883. The summed E-state index contributed by atoms with van der Waals surface area (Å²) in [6.07, 6.45) is 9.59. The molecule has 2 aromatic rings. The van der Waals surface area contributed by atoms with Crippen molar-refractivity contribution in [1.82, 2.24) is 0 Å². The van der Waals surface area contributed by atoms with E-state index in [1.807, 2.05) is 0 Å².